The van der Waals surface area contributed by atoms with Gasteiger partial charge in [-0.2, -0.15) is 0 Å². The summed E-state index contributed by atoms with van der Waals surface area (Å²) in [6, 6.07) is 125. The minimum atomic E-state index is 0.146. The maximum atomic E-state index is 2.68. The van der Waals surface area contributed by atoms with Crippen LogP contribution in [0.1, 0.15) is 86.5 Å². The van der Waals surface area contributed by atoms with E-state index in [1.54, 1.807) is 22.3 Å². The predicted octanol–water partition coefficient (Wildman–Crippen LogP) is 28.3. The Bertz CT molecular complexity index is 6710. The van der Waals surface area contributed by atoms with E-state index >= 15 is 0 Å². The van der Waals surface area contributed by atoms with Gasteiger partial charge in [-0.15, -0.1) is 0 Å². The van der Waals surface area contributed by atoms with E-state index in [1.807, 2.05) is 0 Å². The molecule has 10 aliphatic carbocycles. The van der Waals surface area contributed by atoms with Crippen LogP contribution in [-0.2, 0) is 10.8 Å². The van der Waals surface area contributed by atoms with Crippen LogP contribution in [0.25, 0.3) is 165 Å². The molecular weight excluding hydrogens is 1330 g/mol. The van der Waals surface area contributed by atoms with Gasteiger partial charge in [-0.3, -0.25) is 0 Å². The number of nitrogens with zero attached hydrogens (tertiary/aromatic N) is 2. The van der Waals surface area contributed by atoms with Gasteiger partial charge >= 0.3 is 0 Å². The zero-order valence-electron chi connectivity index (χ0n) is 61.8. The molecule has 8 fully saturated rings. The molecule has 2 heterocycles. The van der Waals surface area contributed by atoms with Gasteiger partial charge in [0.15, 0.2) is 0 Å². The second-order valence-corrected chi connectivity index (χ2v) is 34.5. The summed E-state index contributed by atoms with van der Waals surface area (Å²) in [7, 11) is 0. The van der Waals surface area contributed by atoms with Crippen molar-refractivity contribution in [3.05, 3.63) is 350 Å². The first-order chi connectivity index (χ1) is 54.5. The van der Waals surface area contributed by atoms with Gasteiger partial charge < -0.3 is 9.13 Å². The van der Waals surface area contributed by atoms with Crippen molar-refractivity contribution in [1.82, 2.24) is 9.13 Å². The standard InChI is InChI=1S/2C54H41N/c1-3-16-46-44(14-1)52(35-21-24-39(25-22-35)55-50-19-9-6-12-42(50)43-13-7-10-20-51(43)55)45-15-2-4-17-47(45)53(46)36-23-26-41-40-11-5-8-18-48(40)54(49(41)32-36)37-28-33-27-34(30-37)31-38(54)29-33;1-2-12-39(13-3-1)55-50-21-11-9-15-42(50)43-25-23-36(32-51(43)55)53-46-18-6-4-16-44(46)52(45-17-5-7-19-47(45)53)35-22-24-41-40-14-8-10-20-48(40)54(49(41)31-35)37-27-33-26-34(29-37)30-38(54)28-33/h1-26,32-34,37-38H,27-31H2;1-25,31-34,37-38H,26-30H2. The van der Waals surface area contributed by atoms with Crippen molar-refractivity contribution in [3.63, 3.8) is 0 Å². The molecule has 2 spiro atoms. The molecule has 2 aromatic heterocycles. The van der Waals surface area contributed by atoms with Crippen molar-refractivity contribution in [1.29, 1.82) is 0 Å². The number of para-hydroxylation sites is 4. The highest BCUT2D eigenvalue weighted by atomic mass is 15.0. The van der Waals surface area contributed by atoms with E-state index in [9.17, 15) is 0 Å². The second kappa shape index (κ2) is 23.3. The molecule has 0 amide bonds. The van der Waals surface area contributed by atoms with Gasteiger partial charge in [-0.05, 0) is 304 Å². The number of rotatable bonds is 6. The van der Waals surface area contributed by atoms with Crippen LogP contribution in [0.5, 0.6) is 0 Å². The lowest BCUT2D eigenvalue weighted by Crippen LogP contribution is -2.55. The van der Waals surface area contributed by atoms with Crippen LogP contribution in [0.4, 0.5) is 0 Å². The molecule has 8 saturated carbocycles. The predicted molar refractivity (Wildman–Crippen MR) is 460 cm³/mol. The Hall–Kier alpha value is -11.8. The number of fused-ring (bicyclic) bond motifs is 16. The fourth-order valence-electron chi connectivity index (χ4n) is 26.1. The van der Waals surface area contributed by atoms with Crippen molar-refractivity contribution >= 4 is 86.7 Å². The summed E-state index contributed by atoms with van der Waals surface area (Å²) in [6.45, 7) is 0. The Labute approximate surface area is 641 Å². The van der Waals surface area contributed by atoms with Crippen LogP contribution in [0, 0.1) is 47.3 Å². The van der Waals surface area contributed by atoms with E-state index < -0.39 is 0 Å². The normalized spacial score (nSPS) is 23.3. The van der Waals surface area contributed by atoms with Gasteiger partial charge in [0.25, 0.3) is 0 Å². The lowest BCUT2D eigenvalue weighted by atomic mass is 9.43. The second-order valence-electron chi connectivity index (χ2n) is 34.5. The average Bonchev–Trinajstić information content (AvgIpc) is 1.51. The van der Waals surface area contributed by atoms with E-state index in [-0.39, 0.29) is 10.8 Å². The highest BCUT2D eigenvalue weighted by molar-refractivity contribution is 6.24. The molecule has 524 valence electrons. The lowest BCUT2D eigenvalue weighted by Gasteiger charge is -2.61. The summed E-state index contributed by atoms with van der Waals surface area (Å²) in [5.41, 5.74) is 30.7. The summed E-state index contributed by atoms with van der Waals surface area (Å²) in [6.07, 6.45) is 14.2. The molecule has 28 rings (SSSR count). The monoisotopic (exact) mass is 1410 g/mol. The van der Waals surface area contributed by atoms with Crippen LogP contribution in [-0.4, -0.2) is 9.13 Å². The zero-order valence-corrected chi connectivity index (χ0v) is 61.8. The first-order valence-electron chi connectivity index (χ1n) is 41.1. The molecule has 2 heteroatoms. The topological polar surface area (TPSA) is 9.86 Å². The van der Waals surface area contributed by atoms with Crippen molar-refractivity contribution < 1.29 is 0 Å². The van der Waals surface area contributed by atoms with Crippen LogP contribution in [0.3, 0.4) is 0 Å². The van der Waals surface area contributed by atoms with Gasteiger partial charge in [0, 0.05) is 43.7 Å². The number of hydrogen-bond donors (Lipinski definition) is 0. The number of aromatic nitrogens is 2. The van der Waals surface area contributed by atoms with E-state index in [4.69, 9.17) is 0 Å². The van der Waals surface area contributed by atoms with Gasteiger partial charge in [0.05, 0.1) is 22.1 Å². The summed E-state index contributed by atoms with van der Waals surface area (Å²) in [5.74, 6) is 6.73. The SMILES string of the molecule is c1ccc(-n2c3ccccc3c3ccc(-c4c5ccccc5c(-c5ccc6c(c5)C5(c7ccccc7-6)C6CC7CC(C6)CC5C7)c5ccccc45)cc32)cc1.c1ccc2c(c1)-c1ccc(-c3c4ccccc4c(-c4ccc(-n5c6ccccc6c6ccccc65)cc4)c4ccccc34)cc1C21C2CC3CC(C2)CC1C3. The van der Waals surface area contributed by atoms with Crippen molar-refractivity contribution in [2.24, 2.45) is 47.3 Å². The lowest BCUT2D eigenvalue weighted by molar-refractivity contribution is -0.0399. The Kier molecular flexibility index (Phi) is 13.2. The van der Waals surface area contributed by atoms with E-state index in [2.05, 4.69) is 337 Å². The fraction of sp³-hybridized carbons (Fsp3) is 0.185. The molecule has 10 aliphatic rings. The highest BCUT2D eigenvalue weighted by Crippen LogP contribution is 2.72. The average molecular weight is 1410 g/mol. The van der Waals surface area contributed by atoms with Gasteiger partial charge in [0.2, 0.25) is 0 Å². The molecule has 0 unspecified atom stereocenters. The molecule has 18 aromatic rings. The quantitative estimate of drug-likeness (QED) is 0.147. The Morgan fingerprint density at radius 3 is 0.855 bits per heavy atom. The zero-order chi connectivity index (χ0) is 71.7. The third kappa shape index (κ3) is 8.50. The number of hydrogen-bond acceptors (Lipinski definition) is 0. The van der Waals surface area contributed by atoms with E-state index in [0.29, 0.717) is 0 Å². The third-order valence-corrected chi connectivity index (χ3v) is 29.5. The molecule has 2 nitrogen and oxygen atoms in total. The van der Waals surface area contributed by atoms with Gasteiger partial charge in [-0.25, -0.2) is 0 Å². The minimum Gasteiger partial charge on any atom is -0.309 e. The summed E-state index contributed by atoms with van der Waals surface area (Å²) < 4.78 is 4.85. The maximum Gasteiger partial charge on any atom is 0.0547 e. The third-order valence-electron chi connectivity index (χ3n) is 29.5. The molecule has 8 bridgehead atoms. The van der Waals surface area contributed by atoms with Crippen LogP contribution in [0.2, 0.25) is 0 Å². The minimum absolute atomic E-state index is 0.146. The van der Waals surface area contributed by atoms with Crippen molar-refractivity contribution in [2.45, 2.75) is 75.0 Å². The molecule has 0 radical (unpaired) electrons. The van der Waals surface area contributed by atoms with Gasteiger partial charge in [-0.1, -0.05) is 267 Å². The van der Waals surface area contributed by atoms with Gasteiger partial charge in [0.1, 0.15) is 0 Å². The molecule has 0 N–H and O–H groups in total. The Morgan fingerprint density at radius 1 is 0.191 bits per heavy atom. The molecule has 0 saturated heterocycles. The smallest absolute Gasteiger partial charge is 0.0547 e. The fourth-order valence-corrected chi connectivity index (χ4v) is 26.1. The first-order valence-corrected chi connectivity index (χ1v) is 41.1. The maximum absolute atomic E-state index is 2.68. The first kappa shape index (κ1) is 62.1. The van der Waals surface area contributed by atoms with Crippen LogP contribution >= 0.6 is 0 Å². The van der Waals surface area contributed by atoms with Crippen LogP contribution < -0.4 is 0 Å². The van der Waals surface area contributed by atoms with E-state index in [1.165, 1.54) is 229 Å². The molecular formula is C108H82N2. The molecule has 16 aromatic carbocycles. The Balaban J connectivity index is 0.000000126. The van der Waals surface area contributed by atoms with Crippen molar-refractivity contribution in [3.8, 4) is 78.1 Å². The summed E-state index contributed by atoms with van der Waals surface area (Å²) >= 11 is 0. The summed E-state index contributed by atoms with van der Waals surface area (Å²) in [5, 5.41) is 15.7. The number of benzene rings is 16. The molecule has 110 heavy (non-hydrogen) atoms. The molecule has 0 aliphatic heterocycles. The molecule has 0 atom stereocenters. The Morgan fingerprint density at radius 2 is 0.464 bits per heavy atom. The van der Waals surface area contributed by atoms with Crippen molar-refractivity contribution in [2.75, 3.05) is 0 Å². The van der Waals surface area contributed by atoms with Crippen LogP contribution in [0.15, 0.2) is 328 Å². The summed E-state index contributed by atoms with van der Waals surface area (Å²) in [4.78, 5) is 0. The van der Waals surface area contributed by atoms with E-state index in [0.717, 1.165) is 47.3 Å². The highest BCUT2D eigenvalue weighted by Gasteiger charge is 2.63. The largest absolute Gasteiger partial charge is 0.309 e.